The van der Waals surface area contributed by atoms with E-state index in [1.807, 2.05) is 6.08 Å². The number of ether oxygens (including phenoxy) is 2. The Labute approximate surface area is 463 Å². The van der Waals surface area contributed by atoms with Crippen LogP contribution in [0.15, 0.2) is 48.6 Å². The number of rotatable bonds is 56. The summed E-state index contributed by atoms with van der Waals surface area (Å²) < 4.78 is 11.3. The van der Waals surface area contributed by atoms with E-state index in [4.69, 9.17) is 9.47 Å². The fraction of sp³-hybridized carbons (Fsp3) is 0.864. The number of hydrogen-bond donors (Lipinski definition) is 6. The molecule has 1 amide bonds. The molecule has 1 aliphatic heterocycles. The Bertz CT molecular complexity index is 1320. The minimum atomic E-state index is -1.58. The van der Waals surface area contributed by atoms with Crippen molar-refractivity contribution < 1.29 is 39.8 Å². The van der Waals surface area contributed by atoms with Crippen LogP contribution in [0, 0.1) is 0 Å². The average molecular weight is 1060 g/mol. The van der Waals surface area contributed by atoms with Gasteiger partial charge in [0.15, 0.2) is 6.29 Å². The lowest BCUT2D eigenvalue weighted by atomic mass is 9.99. The van der Waals surface area contributed by atoms with E-state index < -0.39 is 49.5 Å². The zero-order chi connectivity index (χ0) is 54.3. The molecule has 1 rings (SSSR count). The zero-order valence-corrected chi connectivity index (χ0v) is 49.1. The van der Waals surface area contributed by atoms with Gasteiger partial charge in [0.05, 0.1) is 25.4 Å². The standard InChI is InChI=1S/C66H123NO8/c1-3-5-7-9-11-13-15-17-19-21-23-24-25-26-27-28-29-30-31-32-33-34-35-36-38-39-41-43-45-47-49-51-53-55-60(69)59(58-74-66-65(73)64(72)63(71)61(57-68)75-66)67-62(70)56-54-52-50-48-46-44-42-40-37-22-20-18-16-14-12-10-8-6-4-2/h18,20,38-39,45,47,53,55,59-61,63-66,68-69,71-73H,3-17,19,21-37,40-44,46,48-52,54,56-58H2,1-2H3,(H,67,70)/b20-18-,39-38+,47-45+,55-53+. The third-order valence-corrected chi connectivity index (χ3v) is 15.4. The molecule has 9 nitrogen and oxygen atoms in total. The third-order valence-electron chi connectivity index (χ3n) is 15.4. The number of carbonyl (C=O) groups is 1. The molecule has 75 heavy (non-hydrogen) atoms. The molecule has 0 saturated carbocycles. The molecule has 1 aliphatic rings. The van der Waals surface area contributed by atoms with Gasteiger partial charge in [0.25, 0.3) is 0 Å². The minimum Gasteiger partial charge on any atom is -0.394 e. The van der Waals surface area contributed by atoms with E-state index in [1.165, 1.54) is 244 Å². The molecular weight excluding hydrogens is 935 g/mol. The van der Waals surface area contributed by atoms with Crippen molar-refractivity contribution >= 4 is 5.91 Å². The topological polar surface area (TPSA) is 149 Å². The lowest BCUT2D eigenvalue weighted by Gasteiger charge is -2.40. The van der Waals surface area contributed by atoms with Gasteiger partial charge in [-0.3, -0.25) is 4.79 Å². The molecule has 1 fully saturated rings. The maximum Gasteiger partial charge on any atom is 0.220 e. The molecule has 7 unspecified atom stereocenters. The largest absolute Gasteiger partial charge is 0.394 e. The first-order valence-electron chi connectivity index (χ1n) is 32.4. The maximum absolute atomic E-state index is 13.1. The first-order chi connectivity index (χ1) is 36.8. The van der Waals surface area contributed by atoms with Crippen molar-refractivity contribution in [1.82, 2.24) is 5.32 Å². The second-order valence-electron chi connectivity index (χ2n) is 22.5. The number of aliphatic hydroxyl groups is 5. The highest BCUT2D eigenvalue weighted by Gasteiger charge is 2.44. The monoisotopic (exact) mass is 1060 g/mol. The second-order valence-corrected chi connectivity index (χ2v) is 22.5. The SMILES string of the molecule is CCCCCCCC/C=C\CCCCCCCCCCCC(=O)NC(COC1OC(CO)C(O)C(O)C1O)C(O)/C=C/CC/C=C/CC/C=C/CCCCCCCCCCCCCCCCCCCCCCCCC. The van der Waals surface area contributed by atoms with Gasteiger partial charge in [-0.25, -0.2) is 0 Å². The summed E-state index contributed by atoms with van der Waals surface area (Å²) in [4.78, 5) is 13.1. The summed E-state index contributed by atoms with van der Waals surface area (Å²) in [6.45, 7) is 3.79. The molecule has 0 aromatic heterocycles. The first kappa shape index (κ1) is 71.2. The van der Waals surface area contributed by atoms with Crippen molar-refractivity contribution in [3.05, 3.63) is 48.6 Å². The number of unbranched alkanes of at least 4 members (excludes halogenated alkanes) is 40. The maximum atomic E-state index is 13.1. The summed E-state index contributed by atoms with van der Waals surface area (Å²) in [6.07, 6.45) is 67.8. The van der Waals surface area contributed by atoms with Crippen molar-refractivity contribution in [2.75, 3.05) is 13.2 Å². The van der Waals surface area contributed by atoms with Crippen LogP contribution in [0.2, 0.25) is 0 Å². The second kappa shape index (κ2) is 55.5. The molecule has 9 heteroatoms. The Morgan fingerprint density at radius 2 is 0.760 bits per heavy atom. The Balaban J connectivity index is 2.18. The third kappa shape index (κ3) is 44.7. The molecule has 6 N–H and O–H groups in total. The molecule has 0 bridgehead atoms. The molecule has 0 radical (unpaired) electrons. The van der Waals surface area contributed by atoms with E-state index in [-0.39, 0.29) is 12.5 Å². The Hall–Kier alpha value is -1.85. The van der Waals surface area contributed by atoms with Crippen molar-refractivity contribution in [3.63, 3.8) is 0 Å². The van der Waals surface area contributed by atoms with Gasteiger partial charge in [0.1, 0.15) is 24.4 Å². The number of aliphatic hydroxyl groups excluding tert-OH is 5. The van der Waals surface area contributed by atoms with Crippen LogP contribution in [-0.2, 0) is 14.3 Å². The van der Waals surface area contributed by atoms with Gasteiger partial charge >= 0.3 is 0 Å². The Morgan fingerprint density at radius 1 is 0.440 bits per heavy atom. The van der Waals surface area contributed by atoms with Crippen LogP contribution in [0.3, 0.4) is 0 Å². The van der Waals surface area contributed by atoms with Crippen LogP contribution in [0.1, 0.15) is 309 Å². The molecule has 0 aliphatic carbocycles. The van der Waals surface area contributed by atoms with E-state index in [2.05, 4.69) is 55.6 Å². The molecular formula is C66H123NO8. The summed E-state index contributed by atoms with van der Waals surface area (Å²) in [5, 5.41) is 54.6. The van der Waals surface area contributed by atoms with Crippen molar-refractivity contribution in [1.29, 1.82) is 0 Å². The van der Waals surface area contributed by atoms with Crippen molar-refractivity contribution in [3.8, 4) is 0 Å². The van der Waals surface area contributed by atoms with Crippen LogP contribution < -0.4 is 5.32 Å². The molecule has 1 saturated heterocycles. The number of carbonyl (C=O) groups excluding carboxylic acids is 1. The highest BCUT2D eigenvalue weighted by atomic mass is 16.7. The highest BCUT2D eigenvalue weighted by molar-refractivity contribution is 5.76. The van der Waals surface area contributed by atoms with Gasteiger partial charge in [-0.1, -0.05) is 281 Å². The van der Waals surface area contributed by atoms with Crippen molar-refractivity contribution in [2.45, 2.75) is 352 Å². The molecule has 440 valence electrons. The first-order valence-corrected chi connectivity index (χ1v) is 32.4. The minimum absolute atomic E-state index is 0.191. The van der Waals surface area contributed by atoms with E-state index in [1.54, 1.807) is 6.08 Å². The molecule has 0 aromatic carbocycles. The van der Waals surface area contributed by atoms with E-state index in [9.17, 15) is 30.3 Å². The van der Waals surface area contributed by atoms with Crippen LogP contribution in [0.4, 0.5) is 0 Å². The molecule has 0 aromatic rings. The summed E-state index contributed by atoms with van der Waals surface area (Å²) in [7, 11) is 0. The normalized spacial score (nSPS) is 19.2. The molecule has 7 atom stereocenters. The lowest BCUT2D eigenvalue weighted by Crippen LogP contribution is -2.60. The lowest BCUT2D eigenvalue weighted by molar-refractivity contribution is -0.302. The number of hydrogen-bond acceptors (Lipinski definition) is 8. The van der Waals surface area contributed by atoms with Gasteiger partial charge in [-0.2, -0.15) is 0 Å². The summed E-state index contributed by atoms with van der Waals surface area (Å²) >= 11 is 0. The Morgan fingerprint density at radius 3 is 1.12 bits per heavy atom. The van der Waals surface area contributed by atoms with Crippen LogP contribution in [-0.4, -0.2) is 87.5 Å². The summed E-state index contributed by atoms with van der Waals surface area (Å²) in [5.41, 5.74) is 0. The average Bonchev–Trinajstić information content (AvgIpc) is 3.41. The number of nitrogens with one attached hydrogen (secondary N) is 1. The fourth-order valence-electron chi connectivity index (χ4n) is 10.2. The smallest absolute Gasteiger partial charge is 0.220 e. The van der Waals surface area contributed by atoms with E-state index in [0.717, 1.165) is 44.9 Å². The quantitative estimate of drug-likeness (QED) is 0.0261. The predicted molar refractivity (Wildman–Crippen MR) is 318 cm³/mol. The van der Waals surface area contributed by atoms with Crippen LogP contribution in [0.25, 0.3) is 0 Å². The van der Waals surface area contributed by atoms with Gasteiger partial charge in [-0.15, -0.1) is 0 Å². The van der Waals surface area contributed by atoms with Gasteiger partial charge in [0, 0.05) is 6.42 Å². The molecule has 0 spiro atoms. The van der Waals surface area contributed by atoms with E-state index in [0.29, 0.717) is 6.42 Å². The number of amides is 1. The molecule has 1 heterocycles. The number of allylic oxidation sites excluding steroid dienone is 7. The van der Waals surface area contributed by atoms with Crippen LogP contribution >= 0.6 is 0 Å². The summed E-state index contributed by atoms with van der Waals surface area (Å²) in [5.74, 6) is -0.191. The van der Waals surface area contributed by atoms with E-state index >= 15 is 0 Å². The van der Waals surface area contributed by atoms with Crippen LogP contribution in [0.5, 0.6) is 0 Å². The Kier molecular flexibility index (Phi) is 52.6. The van der Waals surface area contributed by atoms with Gasteiger partial charge in [-0.05, 0) is 70.6 Å². The predicted octanol–water partition coefficient (Wildman–Crippen LogP) is 16.9. The fourth-order valence-corrected chi connectivity index (χ4v) is 10.2. The van der Waals surface area contributed by atoms with Crippen molar-refractivity contribution in [2.24, 2.45) is 0 Å². The zero-order valence-electron chi connectivity index (χ0n) is 49.1. The summed E-state index contributed by atoms with van der Waals surface area (Å²) in [6, 6.07) is -0.831. The van der Waals surface area contributed by atoms with Gasteiger partial charge < -0.3 is 40.3 Å². The highest BCUT2D eigenvalue weighted by Crippen LogP contribution is 2.23. The van der Waals surface area contributed by atoms with Gasteiger partial charge in [0.2, 0.25) is 5.91 Å².